The van der Waals surface area contributed by atoms with E-state index in [-0.39, 0.29) is 6.61 Å². The minimum Gasteiger partial charge on any atom is -0.492 e. The molecule has 3 aromatic rings. The molecule has 0 atom stereocenters. The number of hydrogen-bond donors (Lipinski definition) is 2. The Bertz CT molecular complexity index is 1110. The number of aliphatic hydroxyl groups excluding tert-OH is 1. The third kappa shape index (κ3) is 9.28. The highest BCUT2D eigenvalue weighted by atomic mass is 16.5. The number of rotatable bonds is 12. The van der Waals surface area contributed by atoms with E-state index in [4.69, 9.17) is 19.6 Å². The molecule has 0 amide bonds. The van der Waals surface area contributed by atoms with E-state index < -0.39 is 0 Å². The molecule has 2 heterocycles. The Balaban J connectivity index is 0.00000186. The Hall–Kier alpha value is -3.26. The summed E-state index contributed by atoms with van der Waals surface area (Å²) < 4.78 is 11.6. The topological polar surface area (TPSA) is 79.7 Å². The van der Waals surface area contributed by atoms with Crippen LogP contribution in [0.1, 0.15) is 37.8 Å². The van der Waals surface area contributed by atoms with E-state index in [0.717, 1.165) is 40.4 Å². The van der Waals surface area contributed by atoms with Gasteiger partial charge in [-0.15, -0.1) is 0 Å². The molecular weight excluding hydrogens is 464 g/mol. The van der Waals surface area contributed by atoms with Gasteiger partial charge >= 0.3 is 0 Å². The van der Waals surface area contributed by atoms with Crippen LogP contribution in [0.2, 0.25) is 0 Å². The molecule has 1 aliphatic heterocycles. The summed E-state index contributed by atoms with van der Waals surface area (Å²) in [5, 5.41) is 12.1. The predicted octanol–water partition coefficient (Wildman–Crippen LogP) is 5.76. The summed E-state index contributed by atoms with van der Waals surface area (Å²) in [6, 6.07) is 16.1. The van der Waals surface area contributed by atoms with Crippen molar-refractivity contribution in [2.75, 3.05) is 44.8 Å². The van der Waals surface area contributed by atoms with Gasteiger partial charge in [0.25, 0.3) is 0 Å². The van der Waals surface area contributed by atoms with Crippen molar-refractivity contribution in [2.24, 2.45) is 0 Å². The molecule has 1 aliphatic rings. The van der Waals surface area contributed by atoms with Crippen molar-refractivity contribution in [2.45, 2.75) is 40.2 Å². The standard InChI is InChI=1S/C28H34N4O3.C2H6/c1-22-19-25(9-10-27(22)35-18-15-32-13-2-3-14-32)30-28-29-12-11-26(31-28)24-8-6-7-23(20-24)21-34-17-5-4-16-33;1-2/h4-12,19-20,33H,2-3,13-18,21H2,1H3,(H,29,30,31);1-2H3/b5-4+;. The smallest absolute Gasteiger partial charge is 0.227 e. The summed E-state index contributed by atoms with van der Waals surface area (Å²) in [5.41, 5.74) is 4.89. The quantitative estimate of drug-likeness (QED) is 0.240. The maximum Gasteiger partial charge on any atom is 0.227 e. The number of anilines is 2. The molecule has 7 nitrogen and oxygen atoms in total. The van der Waals surface area contributed by atoms with Gasteiger partial charge in [0, 0.05) is 24.0 Å². The van der Waals surface area contributed by atoms with Crippen molar-refractivity contribution in [3.05, 3.63) is 78.0 Å². The number of benzene rings is 2. The minimum absolute atomic E-state index is 0.0271. The molecule has 7 heteroatoms. The summed E-state index contributed by atoms with van der Waals surface area (Å²) in [6.07, 6.45) is 7.83. The van der Waals surface area contributed by atoms with Crippen molar-refractivity contribution in [1.29, 1.82) is 0 Å². The Morgan fingerprint density at radius 2 is 1.89 bits per heavy atom. The van der Waals surface area contributed by atoms with Crippen molar-refractivity contribution < 1.29 is 14.6 Å². The summed E-state index contributed by atoms with van der Waals surface area (Å²) in [4.78, 5) is 11.6. The normalized spacial score (nSPS) is 13.4. The van der Waals surface area contributed by atoms with E-state index in [1.54, 1.807) is 18.3 Å². The number of hydrogen-bond acceptors (Lipinski definition) is 7. The molecule has 0 radical (unpaired) electrons. The van der Waals surface area contributed by atoms with E-state index in [0.29, 0.717) is 25.8 Å². The molecule has 2 N–H and O–H groups in total. The fourth-order valence-electron chi connectivity index (χ4n) is 4.10. The van der Waals surface area contributed by atoms with E-state index >= 15 is 0 Å². The SMILES string of the molecule is CC.Cc1cc(Nc2nccc(-c3cccc(COC/C=C/CO)c3)n2)ccc1OCCN1CCCC1. The van der Waals surface area contributed by atoms with Crippen LogP contribution in [0.5, 0.6) is 5.75 Å². The second-order valence-electron chi connectivity index (χ2n) is 8.64. The van der Waals surface area contributed by atoms with Gasteiger partial charge in [0.05, 0.1) is 25.5 Å². The highest BCUT2D eigenvalue weighted by Crippen LogP contribution is 2.25. The average Bonchev–Trinajstić information content (AvgIpc) is 3.45. The lowest BCUT2D eigenvalue weighted by molar-refractivity contribution is 0.148. The van der Waals surface area contributed by atoms with E-state index in [1.807, 2.05) is 50.2 Å². The summed E-state index contributed by atoms with van der Waals surface area (Å²) in [7, 11) is 0. The zero-order valence-electron chi connectivity index (χ0n) is 22.3. The number of aromatic nitrogens is 2. The highest BCUT2D eigenvalue weighted by molar-refractivity contribution is 5.63. The molecule has 1 fully saturated rings. The second-order valence-corrected chi connectivity index (χ2v) is 8.64. The number of nitrogens with one attached hydrogen (secondary N) is 1. The largest absolute Gasteiger partial charge is 0.492 e. The third-order valence-electron chi connectivity index (χ3n) is 5.93. The van der Waals surface area contributed by atoms with Gasteiger partial charge in [0.2, 0.25) is 5.95 Å². The molecule has 37 heavy (non-hydrogen) atoms. The summed E-state index contributed by atoms with van der Waals surface area (Å²) >= 11 is 0. The van der Waals surface area contributed by atoms with Gasteiger partial charge in [0.1, 0.15) is 12.4 Å². The van der Waals surface area contributed by atoms with Gasteiger partial charge in [-0.2, -0.15) is 0 Å². The maximum atomic E-state index is 8.78. The zero-order valence-corrected chi connectivity index (χ0v) is 22.3. The van der Waals surface area contributed by atoms with E-state index in [2.05, 4.69) is 34.3 Å². The highest BCUT2D eigenvalue weighted by Gasteiger charge is 2.11. The lowest BCUT2D eigenvalue weighted by atomic mass is 10.1. The van der Waals surface area contributed by atoms with E-state index in [9.17, 15) is 0 Å². The monoisotopic (exact) mass is 504 g/mol. The fourth-order valence-corrected chi connectivity index (χ4v) is 4.10. The van der Waals surface area contributed by atoms with Crippen LogP contribution in [0.3, 0.4) is 0 Å². The van der Waals surface area contributed by atoms with Crippen molar-refractivity contribution in [3.8, 4) is 17.0 Å². The Morgan fingerprint density at radius 1 is 1.05 bits per heavy atom. The molecule has 4 rings (SSSR count). The molecule has 2 aromatic carbocycles. The zero-order chi connectivity index (χ0) is 26.3. The molecule has 198 valence electrons. The second kappa shape index (κ2) is 15.8. The summed E-state index contributed by atoms with van der Waals surface area (Å²) in [5.74, 6) is 1.45. The van der Waals surface area contributed by atoms with Crippen LogP contribution >= 0.6 is 0 Å². The maximum absolute atomic E-state index is 8.78. The van der Waals surface area contributed by atoms with Crippen LogP contribution < -0.4 is 10.1 Å². The van der Waals surface area contributed by atoms with Crippen LogP contribution in [-0.4, -0.2) is 59.4 Å². The van der Waals surface area contributed by atoms with Crippen molar-refractivity contribution >= 4 is 11.6 Å². The molecule has 0 spiro atoms. The number of ether oxygens (including phenoxy) is 2. The first-order chi connectivity index (χ1) is 18.2. The molecule has 0 saturated carbocycles. The minimum atomic E-state index is 0.0271. The molecule has 1 aromatic heterocycles. The Morgan fingerprint density at radius 3 is 2.68 bits per heavy atom. The van der Waals surface area contributed by atoms with Gasteiger partial charge in [-0.3, -0.25) is 4.90 Å². The van der Waals surface area contributed by atoms with E-state index in [1.165, 1.54) is 25.9 Å². The first-order valence-corrected chi connectivity index (χ1v) is 13.2. The number of aryl methyl sites for hydroxylation is 1. The first kappa shape index (κ1) is 28.3. The molecule has 0 bridgehead atoms. The predicted molar refractivity (Wildman–Crippen MR) is 150 cm³/mol. The number of nitrogens with zero attached hydrogens (tertiary/aromatic N) is 3. The Labute approximate surface area is 221 Å². The Kier molecular flexibility index (Phi) is 12.1. The van der Waals surface area contributed by atoms with Crippen LogP contribution in [0.15, 0.2) is 66.9 Å². The molecule has 0 unspecified atom stereocenters. The van der Waals surface area contributed by atoms with Crippen molar-refractivity contribution in [3.63, 3.8) is 0 Å². The van der Waals surface area contributed by atoms with Gasteiger partial charge < -0.3 is 19.9 Å². The first-order valence-electron chi connectivity index (χ1n) is 13.2. The lowest BCUT2D eigenvalue weighted by Gasteiger charge is -2.16. The lowest BCUT2D eigenvalue weighted by Crippen LogP contribution is -2.25. The van der Waals surface area contributed by atoms with Crippen LogP contribution in [-0.2, 0) is 11.3 Å². The van der Waals surface area contributed by atoms with Crippen molar-refractivity contribution in [1.82, 2.24) is 14.9 Å². The van der Waals surface area contributed by atoms with Crippen LogP contribution in [0, 0.1) is 6.92 Å². The number of aliphatic hydroxyl groups is 1. The summed E-state index contributed by atoms with van der Waals surface area (Å²) in [6.45, 7) is 11.1. The fraction of sp³-hybridized carbons (Fsp3) is 0.400. The molecular formula is C30H40N4O3. The molecule has 1 saturated heterocycles. The van der Waals surface area contributed by atoms with Gasteiger partial charge in [-0.05, 0) is 74.3 Å². The van der Waals surface area contributed by atoms with Gasteiger partial charge in [-0.1, -0.05) is 44.2 Å². The van der Waals surface area contributed by atoms with Crippen LogP contribution in [0.4, 0.5) is 11.6 Å². The van der Waals surface area contributed by atoms with Crippen LogP contribution in [0.25, 0.3) is 11.3 Å². The third-order valence-corrected chi connectivity index (χ3v) is 5.93. The number of likely N-dealkylation sites (tertiary alicyclic amines) is 1. The van der Waals surface area contributed by atoms with Gasteiger partial charge in [0.15, 0.2) is 0 Å². The average molecular weight is 505 g/mol. The van der Waals surface area contributed by atoms with Gasteiger partial charge in [-0.25, -0.2) is 9.97 Å². The molecule has 0 aliphatic carbocycles.